The maximum Gasteiger partial charge on any atom is 0.310 e. The van der Waals surface area contributed by atoms with Crippen LogP contribution in [0, 0.1) is 11.8 Å². The van der Waals surface area contributed by atoms with Crippen LogP contribution in [0.5, 0.6) is 0 Å². The smallest absolute Gasteiger partial charge is 0.310 e. The van der Waals surface area contributed by atoms with Gasteiger partial charge in [0, 0.05) is 4.90 Å². The van der Waals surface area contributed by atoms with E-state index in [0.29, 0.717) is 18.3 Å². The fourth-order valence-corrected chi connectivity index (χ4v) is 3.13. The van der Waals surface area contributed by atoms with E-state index in [0.717, 1.165) is 23.3 Å². The summed E-state index contributed by atoms with van der Waals surface area (Å²) in [6.07, 6.45) is 3.72. The van der Waals surface area contributed by atoms with Crippen molar-refractivity contribution in [3.8, 4) is 0 Å². The third kappa shape index (κ3) is 4.57. The fraction of sp³-hybridized carbons (Fsp3) is 0.562. The van der Waals surface area contributed by atoms with Crippen LogP contribution >= 0.6 is 12.6 Å². The SMILES string of the molecule is CC1CC(C)CC(OC(=O)Cc2ccc(S)cc2)C1. The number of esters is 1. The molecule has 2 atom stereocenters. The van der Waals surface area contributed by atoms with Crippen LogP contribution in [0.3, 0.4) is 0 Å². The van der Waals surface area contributed by atoms with E-state index in [2.05, 4.69) is 26.5 Å². The second kappa shape index (κ2) is 6.47. The van der Waals surface area contributed by atoms with Crippen molar-refractivity contribution < 1.29 is 9.53 Å². The molecule has 1 aromatic rings. The van der Waals surface area contributed by atoms with E-state index >= 15 is 0 Å². The Balaban J connectivity index is 1.85. The van der Waals surface area contributed by atoms with Crippen LogP contribution < -0.4 is 0 Å². The Labute approximate surface area is 121 Å². The maximum atomic E-state index is 11.9. The predicted octanol–water partition coefficient (Wildman–Crippen LogP) is 3.89. The molecule has 3 heteroatoms. The molecule has 0 aliphatic heterocycles. The zero-order valence-corrected chi connectivity index (χ0v) is 12.5. The molecular formula is C16H22O2S. The predicted molar refractivity (Wildman–Crippen MR) is 79.5 cm³/mol. The lowest BCUT2D eigenvalue weighted by Crippen LogP contribution is -2.29. The monoisotopic (exact) mass is 278 g/mol. The summed E-state index contributed by atoms with van der Waals surface area (Å²) in [6.45, 7) is 4.48. The summed E-state index contributed by atoms with van der Waals surface area (Å²) in [6, 6.07) is 7.65. The summed E-state index contributed by atoms with van der Waals surface area (Å²) in [5, 5.41) is 0. The third-order valence-electron chi connectivity index (χ3n) is 3.72. The first-order valence-corrected chi connectivity index (χ1v) is 7.45. The highest BCUT2D eigenvalue weighted by Crippen LogP contribution is 2.30. The highest BCUT2D eigenvalue weighted by Gasteiger charge is 2.26. The van der Waals surface area contributed by atoms with Gasteiger partial charge >= 0.3 is 5.97 Å². The third-order valence-corrected chi connectivity index (χ3v) is 4.02. The molecule has 19 heavy (non-hydrogen) atoms. The van der Waals surface area contributed by atoms with E-state index in [1.54, 1.807) is 0 Å². The second-order valence-electron chi connectivity index (χ2n) is 5.87. The number of carbonyl (C=O) groups excluding carboxylic acids is 1. The van der Waals surface area contributed by atoms with Crippen molar-refractivity contribution in [2.75, 3.05) is 0 Å². The molecule has 0 amide bonds. The van der Waals surface area contributed by atoms with Crippen molar-refractivity contribution in [1.29, 1.82) is 0 Å². The van der Waals surface area contributed by atoms with Gasteiger partial charge in [0.2, 0.25) is 0 Å². The van der Waals surface area contributed by atoms with E-state index in [9.17, 15) is 4.79 Å². The van der Waals surface area contributed by atoms with Crippen molar-refractivity contribution in [3.05, 3.63) is 29.8 Å². The number of hydrogen-bond donors (Lipinski definition) is 1. The Morgan fingerprint density at radius 1 is 1.16 bits per heavy atom. The number of carbonyl (C=O) groups is 1. The lowest BCUT2D eigenvalue weighted by atomic mass is 9.82. The summed E-state index contributed by atoms with van der Waals surface area (Å²) in [7, 11) is 0. The quantitative estimate of drug-likeness (QED) is 0.670. The first-order chi connectivity index (χ1) is 9.02. The van der Waals surface area contributed by atoms with Crippen molar-refractivity contribution in [2.24, 2.45) is 11.8 Å². The first-order valence-electron chi connectivity index (χ1n) is 7.00. The van der Waals surface area contributed by atoms with Crippen LogP contribution in [0.4, 0.5) is 0 Å². The molecule has 2 unspecified atom stereocenters. The molecular weight excluding hydrogens is 256 g/mol. The minimum Gasteiger partial charge on any atom is -0.462 e. The molecule has 1 fully saturated rings. The zero-order chi connectivity index (χ0) is 13.8. The molecule has 1 saturated carbocycles. The van der Waals surface area contributed by atoms with Crippen LogP contribution in [0.2, 0.25) is 0 Å². The van der Waals surface area contributed by atoms with Gasteiger partial charge in [0.05, 0.1) is 6.42 Å². The highest BCUT2D eigenvalue weighted by molar-refractivity contribution is 7.80. The van der Waals surface area contributed by atoms with E-state index in [-0.39, 0.29) is 12.1 Å². The van der Waals surface area contributed by atoms with Gasteiger partial charge in [0.1, 0.15) is 6.10 Å². The van der Waals surface area contributed by atoms with Gasteiger partial charge in [-0.2, -0.15) is 0 Å². The zero-order valence-electron chi connectivity index (χ0n) is 11.6. The van der Waals surface area contributed by atoms with Crippen LogP contribution in [0.1, 0.15) is 38.7 Å². The Morgan fingerprint density at radius 3 is 2.32 bits per heavy atom. The van der Waals surface area contributed by atoms with E-state index in [1.165, 1.54) is 6.42 Å². The molecule has 0 heterocycles. The van der Waals surface area contributed by atoms with Gasteiger partial charge in [0.25, 0.3) is 0 Å². The first kappa shape index (κ1) is 14.4. The topological polar surface area (TPSA) is 26.3 Å². The van der Waals surface area contributed by atoms with Gasteiger partial charge in [-0.25, -0.2) is 0 Å². The van der Waals surface area contributed by atoms with E-state index in [4.69, 9.17) is 4.74 Å². The summed E-state index contributed by atoms with van der Waals surface area (Å²) >= 11 is 4.23. The average Bonchev–Trinajstić information content (AvgIpc) is 2.30. The normalized spacial score (nSPS) is 27.0. The minimum atomic E-state index is -0.113. The highest BCUT2D eigenvalue weighted by atomic mass is 32.1. The maximum absolute atomic E-state index is 11.9. The average molecular weight is 278 g/mol. The molecule has 2 rings (SSSR count). The largest absolute Gasteiger partial charge is 0.462 e. The van der Waals surface area contributed by atoms with E-state index in [1.807, 2.05) is 24.3 Å². The van der Waals surface area contributed by atoms with Gasteiger partial charge in [-0.15, -0.1) is 12.6 Å². The van der Waals surface area contributed by atoms with Gasteiger partial charge < -0.3 is 4.74 Å². The molecule has 1 aliphatic carbocycles. The molecule has 0 bridgehead atoms. The van der Waals surface area contributed by atoms with Gasteiger partial charge in [0.15, 0.2) is 0 Å². The van der Waals surface area contributed by atoms with Crippen molar-refractivity contribution in [2.45, 2.75) is 50.5 Å². The van der Waals surface area contributed by atoms with Crippen molar-refractivity contribution in [1.82, 2.24) is 0 Å². The Hall–Kier alpha value is -0.960. The summed E-state index contributed by atoms with van der Waals surface area (Å²) < 4.78 is 5.61. The number of hydrogen-bond acceptors (Lipinski definition) is 3. The Kier molecular flexibility index (Phi) is 4.92. The number of ether oxygens (including phenoxy) is 1. The number of rotatable bonds is 3. The molecule has 0 spiro atoms. The van der Waals surface area contributed by atoms with Crippen LogP contribution in [-0.4, -0.2) is 12.1 Å². The number of benzene rings is 1. The molecule has 0 N–H and O–H groups in total. The van der Waals surface area contributed by atoms with E-state index < -0.39 is 0 Å². The molecule has 0 radical (unpaired) electrons. The Morgan fingerprint density at radius 2 is 1.74 bits per heavy atom. The van der Waals surface area contributed by atoms with Crippen LogP contribution in [0.15, 0.2) is 29.2 Å². The second-order valence-corrected chi connectivity index (χ2v) is 6.39. The number of thiol groups is 1. The lowest BCUT2D eigenvalue weighted by Gasteiger charge is -2.31. The van der Waals surface area contributed by atoms with Crippen molar-refractivity contribution in [3.63, 3.8) is 0 Å². The minimum absolute atomic E-state index is 0.107. The van der Waals surface area contributed by atoms with Gasteiger partial charge in [-0.3, -0.25) is 4.79 Å². The molecule has 1 aromatic carbocycles. The summed E-state index contributed by atoms with van der Waals surface area (Å²) in [4.78, 5) is 12.8. The molecule has 104 valence electrons. The van der Waals surface area contributed by atoms with Crippen LogP contribution in [-0.2, 0) is 16.0 Å². The lowest BCUT2D eigenvalue weighted by molar-refractivity contribution is -0.151. The standard InChI is InChI=1S/C16H22O2S/c1-11-7-12(2)9-14(8-11)18-16(17)10-13-3-5-15(19)6-4-13/h3-6,11-12,14,19H,7-10H2,1-2H3. The Bertz CT molecular complexity index is 417. The van der Waals surface area contributed by atoms with Crippen molar-refractivity contribution >= 4 is 18.6 Å². The molecule has 2 nitrogen and oxygen atoms in total. The fourth-order valence-electron chi connectivity index (χ4n) is 2.98. The van der Waals surface area contributed by atoms with Crippen LogP contribution in [0.25, 0.3) is 0 Å². The van der Waals surface area contributed by atoms with Gasteiger partial charge in [-0.05, 0) is 48.8 Å². The summed E-state index contributed by atoms with van der Waals surface area (Å²) in [5.74, 6) is 1.20. The van der Waals surface area contributed by atoms with Gasteiger partial charge in [-0.1, -0.05) is 26.0 Å². The molecule has 1 aliphatic rings. The molecule has 0 saturated heterocycles. The summed E-state index contributed by atoms with van der Waals surface area (Å²) in [5.41, 5.74) is 0.986. The molecule has 0 aromatic heterocycles.